The highest BCUT2D eigenvalue weighted by Gasteiger charge is 2.40. The third kappa shape index (κ3) is 3.23. The molecule has 0 radical (unpaired) electrons. The lowest BCUT2D eigenvalue weighted by atomic mass is 9.64. The van der Waals surface area contributed by atoms with Gasteiger partial charge in [-0.15, -0.1) is 0 Å². The first-order valence-corrected chi connectivity index (χ1v) is 8.27. The molecular weight excluding hydrogens is 297 g/mol. The van der Waals surface area contributed by atoms with Crippen LogP contribution < -0.4 is 5.32 Å². The molecule has 0 bridgehead atoms. The van der Waals surface area contributed by atoms with Crippen molar-refractivity contribution in [3.05, 3.63) is 35.6 Å². The fraction of sp³-hybridized carbons (Fsp3) is 0.556. The van der Waals surface area contributed by atoms with Gasteiger partial charge in [0.25, 0.3) is 0 Å². The van der Waals surface area contributed by atoms with Crippen molar-refractivity contribution in [3.63, 3.8) is 0 Å². The van der Waals surface area contributed by atoms with E-state index in [1.807, 2.05) is 0 Å². The molecule has 23 heavy (non-hydrogen) atoms. The summed E-state index contributed by atoms with van der Waals surface area (Å²) < 4.78 is 13.1. The summed E-state index contributed by atoms with van der Waals surface area (Å²) in [6.07, 6.45) is 4.74. The predicted octanol–water partition coefficient (Wildman–Crippen LogP) is 2.86. The van der Waals surface area contributed by atoms with E-state index in [4.69, 9.17) is 5.11 Å². The number of benzene rings is 1. The molecule has 4 nitrogen and oxygen atoms in total. The molecule has 2 fully saturated rings. The van der Waals surface area contributed by atoms with Crippen molar-refractivity contribution in [2.75, 3.05) is 6.54 Å². The lowest BCUT2D eigenvalue weighted by Gasteiger charge is -2.42. The summed E-state index contributed by atoms with van der Waals surface area (Å²) >= 11 is 0. The molecule has 124 valence electrons. The number of hydrogen-bond acceptors (Lipinski definition) is 2. The summed E-state index contributed by atoms with van der Waals surface area (Å²) in [4.78, 5) is 23.3. The van der Waals surface area contributed by atoms with Crippen LogP contribution >= 0.6 is 0 Å². The summed E-state index contributed by atoms with van der Waals surface area (Å²) in [5.74, 6) is -1.68. The van der Waals surface area contributed by atoms with E-state index in [0.717, 1.165) is 24.8 Å². The molecule has 0 spiro atoms. The maximum Gasteiger partial charge on any atom is 0.306 e. The normalized spacial score (nSPS) is 25.6. The quantitative estimate of drug-likeness (QED) is 0.877. The van der Waals surface area contributed by atoms with Crippen LogP contribution in [0.15, 0.2) is 24.3 Å². The van der Waals surface area contributed by atoms with Crippen LogP contribution in [0.3, 0.4) is 0 Å². The first-order valence-electron chi connectivity index (χ1n) is 8.27. The molecule has 2 aliphatic rings. The number of rotatable bonds is 5. The number of aliphatic carboxylic acids is 1. The second-order valence-corrected chi connectivity index (χ2v) is 6.90. The summed E-state index contributed by atoms with van der Waals surface area (Å²) in [5.41, 5.74) is 0.981. The van der Waals surface area contributed by atoms with E-state index in [0.29, 0.717) is 25.8 Å². The summed E-state index contributed by atoms with van der Waals surface area (Å²) in [7, 11) is 0. The second-order valence-electron chi connectivity index (χ2n) is 6.90. The maximum absolute atomic E-state index is 13.1. The smallest absolute Gasteiger partial charge is 0.306 e. The molecule has 0 saturated heterocycles. The van der Waals surface area contributed by atoms with Crippen molar-refractivity contribution < 1.29 is 19.1 Å². The molecular formula is C18H22FNO3. The zero-order valence-electron chi connectivity index (χ0n) is 13.1. The number of carboxylic acid groups (broad SMARTS) is 1. The molecule has 0 aromatic heterocycles. The van der Waals surface area contributed by atoms with Gasteiger partial charge in [-0.3, -0.25) is 9.59 Å². The van der Waals surface area contributed by atoms with Crippen LogP contribution in [0.5, 0.6) is 0 Å². The zero-order chi connectivity index (χ0) is 16.4. The maximum atomic E-state index is 13.1. The predicted molar refractivity (Wildman–Crippen MR) is 83.4 cm³/mol. The second kappa shape index (κ2) is 6.30. The Labute approximate surface area is 135 Å². The molecule has 2 aliphatic carbocycles. The number of hydrogen-bond donors (Lipinski definition) is 2. The van der Waals surface area contributed by atoms with Crippen LogP contribution in [-0.4, -0.2) is 23.5 Å². The number of carbonyl (C=O) groups excluding carboxylic acids is 1. The molecule has 2 atom stereocenters. The number of nitrogens with one attached hydrogen (secondary N) is 1. The largest absolute Gasteiger partial charge is 0.481 e. The highest BCUT2D eigenvalue weighted by Crippen LogP contribution is 2.43. The van der Waals surface area contributed by atoms with Gasteiger partial charge in [-0.05, 0) is 49.8 Å². The van der Waals surface area contributed by atoms with Crippen LogP contribution in [0.2, 0.25) is 0 Å². The fourth-order valence-corrected chi connectivity index (χ4v) is 3.82. The Balaban J connectivity index is 1.59. The Bertz CT molecular complexity index is 595. The van der Waals surface area contributed by atoms with E-state index < -0.39 is 5.97 Å². The Hall–Kier alpha value is -1.91. The van der Waals surface area contributed by atoms with E-state index in [1.165, 1.54) is 12.1 Å². The van der Waals surface area contributed by atoms with Crippen molar-refractivity contribution in [2.24, 2.45) is 11.8 Å². The van der Waals surface area contributed by atoms with Crippen LogP contribution in [0.25, 0.3) is 0 Å². The molecule has 1 aromatic carbocycles. The first kappa shape index (κ1) is 16.0. The van der Waals surface area contributed by atoms with E-state index in [9.17, 15) is 14.0 Å². The number of carboxylic acids is 1. The van der Waals surface area contributed by atoms with Gasteiger partial charge in [-0.1, -0.05) is 18.6 Å². The monoisotopic (exact) mass is 319 g/mol. The van der Waals surface area contributed by atoms with Gasteiger partial charge in [-0.2, -0.15) is 0 Å². The van der Waals surface area contributed by atoms with E-state index in [1.54, 1.807) is 12.1 Å². The fourth-order valence-electron chi connectivity index (χ4n) is 3.82. The molecule has 0 unspecified atom stereocenters. The highest BCUT2D eigenvalue weighted by atomic mass is 19.1. The lowest BCUT2D eigenvalue weighted by Crippen LogP contribution is -2.46. The first-order chi connectivity index (χ1) is 11.0. The molecule has 1 aromatic rings. The number of amides is 1. The zero-order valence-corrected chi connectivity index (χ0v) is 13.1. The number of halogens is 1. The van der Waals surface area contributed by atoms with Crippen molar-refractivity contribution >= 4 is 11.9 Å². The average Bonchev–Trinajstić information content (AvgIpc) is 2.98. The van der Waals surface area contributed by atoms with Crippen molar-refractivity contribution in [1.29, 1.82) is 0 Å². The molecule has 0 heterocycles. The van der Waals surface area contributed by atoms with E-state index in [2.05, 4.69) is 5.32 Å². The molecule has 2 N–H and O–H groups in total. The van der Waals surface area contributed by atoms with Gasteiger partial charge in [0, 0.05) is 17.9 Å². The van der Waals surface area contributed by atoms with Crippen LogP contribution in [-0.2, 0) is 15.0 Å². The number of carbonyl (C=O) groups is 2. The van der Waals surface area contributed by atoms with Crippen LogP contribution in [0, 0.1) is 17.7 Å². The third-order valence-corrected chi connectivity index (χ3v) is 5.52. The van der Waals surface area contributed by atoms with Gasteiger partial charge in [-0.25, -0.2) is 4.39 Å². The minimum Gasteiger partial charge on any atom is -0.481 e. The topological polar surface area (TPSA) is 66.4 Å². The minimum absolute atomic E-state index is 0.0397. The molecule has 0 aliphatic heterocycles. The van der Waals surface area contributed by atoms with E-state index in [-0.39, 0.29) is 29.0 Å². The third-order valence-electron chi connectivity index (χ3n) is 5.52. The van der Waals surface area contributed by atoms with Gasteiger partial charge in [0.05, 0.1) is 5.92 Å². The Morgan fingerprint density at radius 2 is 1.83 bits per heavy atom. The van der Waals surface area contributed by atoms with Crippen molar-refractivity contribution in [3.8, 4) is 0 Å². The van der Waals surface area contributed by atoms with Gasteiger partial charge >= 0.3 is 5.97 Å². The average molecular weight is 319 g/mol. The van der Waals surface area contributed by atoms with E-state index >= 15 is 0 Å². The molecule has 5 heteroatoms. The Morgan fingerprint density at radius 1 is 1.17 bits per heavy atom. The van der Waals surface area contributed by atoms with Gasteiger partial charge in [0.15, 0.2) is 0 Å². The van der Waals surface area contributed by atoms with Gasteiger partial charge in [0.1, 0.15) is 5.82 Å². The molecule has 1 amide bonds. The molecule has 2 saturated carbocycles. The van der Waals surface area contributed by atoms with Crippen LogP contribution in [0.1, 0.15) is 44.1 Å². The van der Waals surface area contributed by atoms with Crippen molar-refractivity contribution in [2.45, 2.75) is 43.9 Å². The minimum atomic E-state index is -0.804. The summed E-state index contributed by atoms with van der Waals surface area (Å²) in [5, 5.41) is 12.0. The summed E-state index contributed by atoms with van der Waals surface area (Å²) in [6.45, 7) is 0.547. The molecule has 3 rings (SSSR count). The SMILES string of the molecule is O=C(O)[C@@H]1CC[C@H](C(=O)NCC2(c3ccc(F)cc3)CCC2)C1. The van der Waals surface area contributed by atoms with Crippen molar-refractivity contribution in [1.82, 2.24) is 5.32 Å². The van der Waals surface area contributed by atoms with Gasteiger partial charge in [0.2, 0.25) is 5.91 Å². The lowest BCUT2D eigenvalue weighted by molar-refractivity contribution is -0.141. The van der Waals surface area contributed by atoms with Gasteiger partial charge < -0.3 is 10.4 Å². The Morgan fingerprint density at radius 3 is 2.35 bits per heavy atom. The standard InChI is InChI=1S/C18H22FNO3/c19-15-6-4-14(5-7-15)18(8-1-9-18)11-20-16(21)12-2-3-13(10-12)17(22)23/h4-7,12-13H,1-3,8-11H2,(H,20,21)(H,22,23)/t12-,13+/m0/s1. The Kier molecular flexibility index (Phi) is 4.37. The summed E-state index contributed by atoms with van der Waals surface area (Å²) in [6, 6.07) is 6.53. The highest BCUT2D eigenvalue weighted by molar-refractivity contribution is 5.81. The van der Waals surface area contributed by atoms with Crippen LogP contribution in [0.4, 0.5) is 4.39 Å².